The summed E-state index contributed by atoms with van der Waals surface area (Å²) in [6, 6.07) is 8.43. The van der Waals surface area contributed by atoms with Crippen molar-refractivity contribution in [3.63, 3.8) is 0 Å². The topological polar surface area (TPSA) is 155 Å². The van der Waals surface area contributed by atoms with Gasteiger partial charge < -0.3 is 31.0 Å². The molecule has 0 saturated carbocycles. The largest absolute Gasteiger partial charge is 0.479 e. The maximum absolute atomic E-state index is 13.0. The number of carboxylic acids is 2. The highest BCUT2D eigenvalue weighted by Crippen LogP contribution is 2.42. The van der Waals surface area contributed by atoms with E-state index in [1.54, 1.807) is 24.3 Å². The molecule has 0 saturated heterocycles. The number of rotatable bonds is 8. The summed E-state index contributed by atoms with van der Waals surface area (Å²) < 4.78 is 5.52. The van der Waals surface area contributed by atoms with E-state index < -0.39 is 18.0 Å². The van der Waals surface area contributed by atoms with Crippen LogP contribution < -0.4 is 15.8 Å². The van der Waals surface area contributed by atoms with Gasteiger partial charge >= 0.3 is 11.9 Å². The van der Waals surface area contributed by atoms with Gasteiger partial charge in [-0.1, -0.05) is 17.7 Å². The van der Waals surface area contributed by atoms with Crippen LogP contribution in [0.15, 0.2) is 30.3 Å². The van der Waals surface area contributed by atoms with Gasteiger partial charge in [0.1, 0.15) is 11.4 Å². The number of carbonyl (C=O) groups is 3. The maximum atomic E-state index is 13.0. The Balaban J connectivity index is 0.00000342. The van der Waals surface area contributed by atoms with Crippen molar-refractivity contribution in [1.29, 1.82) is 0 Å². The maximum Gasteiger partial charge on any atom is 0.352 e. The van der Waals surface area contributed by atoms with Gasteiger partial charge in [0.05, 0.1) is 5.69 Å². The number of benzene rings is 2. The van der Waals surface area contributed by atoms with Crippen molar-refractivity contribution in [2.24, 2.45) is 5.73 Å². The summed E-state index contributed by atoms with van der Waals surface area (Å²) in [6.07, 6.45) is 0.160. The minimum Gasteiger partial charge on any atom is -0.479 e. The van der Waals surface area contributed by atoms with Gasteiger partial charge in [0.15, 0.2) is 6.10 Å². The van der Waals surface area contributed by atoms with Crippen molar-refractivity contribution >= 4 is 58.4 Å². The summed E-state index contributed by atoms with van der Waals surface area (Å²) in [5, 5.41) is 23.0. The van der Waals surface area contributed by atoms with Crippen LogP contribution in [0.25, 0.3) is 10.9 Å². The molecule has 1 aromatic heterocycles. The molecule has 2 aromatic carbocycles. The highest BCUT2D eigenvalue weighted by molar-refractivity contribution is 6.31. The molecule has 3 aromatic rings. The number of aliphatic carboxylic acids is 1. The van der Waals surface area contributed by atoms with E-state index in [0.29, 0.717) is 40.2 Å². The highest BCUT2D eigenvalue weighted by atomic mass is 35.5. The normalized spacial score (nSPS) is 15.2. The van der Waals surface area contributed by atoms with E-state index in [4.69, 9.17) is 22.1 Å². The third-order valence-corrected chi connectivity index (χ3v) is 6.22. The predicted octanol–water partition coefficient (Wildman–Crippen LogP) is 4.31. The number of anilines is 1. The number of halogens is 2. The first-order valence-electron chi connectivity index (χ1n) is 10.8. The van der Waals surface area contributed by atoms with E-state index in [1.165, 1.54) is 6.92 Å². The Labute approximate surface area is 212 Å². The summed E-state index contributed by atoms with van der Waals surface area (Å²) >= 11 is 6.18. The van der Waals surface area contributed by atoms with Crippen molar-refractivity contribution in [1.82, 2.24) is 4.98 Å². The third kappa shape index (κ3) is 5.37. The molecule has 1 aliphatic rings. The molecule has 2 atom stereocenters. The van der Waals surface area contributed by atoms with Crippen LogP contribution in [0.5, 0.6) is 5.75 Å². The number of aromatic nitrogens is 1. The van der Waals surface area contributed by atoms with E-state index in [-0.39, 0.29) is 48.6 Å². The fourth-order valence-electron chi connectivity index (χ4n) is 4.42. The van der Waals surface area contributed by atoms with Crippen LogP contribution in [-0.4, -0.2) is 39.1 Å². The molecule has 6 N–H and O–H groups in total. The van der Waals surface area contributed by atoms with E-state index >= 15 is 0 Å². The molecule has 1 amide bonds. The third-order valence-electron chi connectivity index (χ3n) is 6.01. The van der Waals surface area contributed by atoms with Crippen LogP contribution in [-0.2, 0) is 22.6 Å². The van der Waals surface area contributed by atoms with Crippen molar-refractivity contribution < 1.29 is 29.3 Å². The SMILES string of the molecule is C[C@@H](Oc1cc(CN)ccc1NC(=O)C[C@@H]1CCc2cc(Cl)cc3[nH]c(C(=O)O)c1c23)C(=O)O.Cl. The Morgan fingerprint density at radius 3 is 2.66 bits per heavy atom. The molecule has 0 fully saturated rings. The first kappa shape index (κ1) is 26.3. The van der Waals surface area contributed by atoms with Gasteiger partial charge in [0.2, 0.25) is 5.91 Å². The Hall–Kier alpha value is -3.27. The number of amides is 1. The van der Waals surface area contributed by atoms with Crippen LogP contribution in [0.1, 0.15) is 52.9 Å². The van der Waals surface area contributed by atoms with Gasteiger partial charge in [-0.15, -0.1) is 12.4 Å². The van der Waals surface area contributed by atoms with Crippen LogP contribution in [0, 0.1) is 0 Å². The number of hydrogen-bond donors (Lipinski definition) is 5. The second kappa shape index (κ2) is 10.6. The van der Waals surface area contributed by atoms with Gasteiger partial charge in [0.25, 0.3) is 0 Å². The Bertz CT molecular complexity index is 1310. The van der Waals surface area contributed by atoms with Gasteiger partial charge in [-0.2, -0.15) is 0 Å². The lowest BCUT2D eigenvalue weighted by Gasteiger charge is -2.23. The molecule has 9 nitrogen and oxygen atoms in total. The van der Waals surface area contributed by atoms with Crippen LogP contribution in [0.3, 0.4) is 0 Å². The number of nitrogens with one attached hydrogen (secondary N) is 2. The second-order valence-electron chi connectivity index (χ2n) is 8.33. The molecule has 1 heterocycles. The number of carbonyl (C=O) groups excluding carboxylic acids is 1. The number of aryl methyl sites for hydroxylation is 1. The lowest BCUT2D eigenvalue weighted by molar-refractivity contribution is -0.144. The Morgan fingerprint density at radius 1 is 1.26 bits per heavy atom. The fourth-order valence-corrected chi connectivity index (χ4v) is 4.66. The van der Waals surface area contributed by atoms with Gasteiger partial charge in [-0.05, 0) is 66.6 Å². The first-order chi connectivity index (χ1) is 16.2. The summed E-state index contributed by atoms with van der Waals surface area (Å²) in [5.41, 5.74) is 8.96. The van der Waals surface area contributed by atoms with Crippen molar-refractivity contribution in [2.45, 2.75) is 44.8 Å². The van der Waals surface area contributed by atoms with Gasteiger partial charge in [0, 0.05) is 28.9 Å². The van der Waals surface area contributed by atoms with Crippen LogP contribution >= 0.6 is 24.0 Å². The summed E-state index contributed by atoms with van der Waals surface area (Å²) in [6.45, 7) is 1.61. The summed E-state index contributed by atoms with van der Waals surface area (Å²) in [4.78, 5) is 39.1. The molecule has 0 spiro atoms. The zero-order valence-electron chi connectivity index (χ0n) is 18.8. The molecular weight excluding hydrogens is 497 g/mol. The molecule has 4 rings (SSSR count). The van der Waals surface area contributed by atoms with E-state index in [0.717, 1.165) is 10.9 Å². The number of nitrogens with two attached hydrogens (primary N) is 1. The summed E-state index contributed by atoms with van der Waals surface area (Å²) in [7, 11) is 0. The standard InChI is InChI=1S/C24H24ClN3O6.ClH/c1-11(23(30)31)34-18-6-12(10-26)2-5-16(18)27-19(29)8-14-4-3-13-7-15(25)9-17-20(13)21(14)22(28-17)24(32)33;/h2,5-7,9,11,14,28H,3-4,8,10,26H2,1H3,(H,27,29)(H,30,31)(H,32,33);1H/t11-,14+;/m1./s1. The monoisotopic (exact) mass is 521 g/mol. The average molecular weight is 522 g/mol. The number of aromatic carboxylic acids is 1. The lowest BCUT2D eigenvalue weighted by Crippen LogP contribution is -2.24. The number of carboxylic acid groups (broad SMARTS) is 2. The average Bonchev–Trinajstić information content (AvgIpc) is 3.17. The van der Waals surface area contributed by atoms with Crippen molar-refractivity contribution in [2.75, 3.05) is 5.32 Å². The number of aromatic amines is 1. The quantitative estimate of drug-likeness (QED) is 0.295. The Kier molecular flexibility index (Phi) is 7.94. The molecule has 11 heteroatoms. The molecule has 0 radical (unpaired) electrons. The number of hydrogen-bond acceptors (Lipinski definition) is 5. The zero-order chi connectivity index (χ0) is 24.6. The fraction of sp³-hybridized carbons (Fsp3) is 0.292. The molecule has 0 bridgehead atoms. The van der Waals surface area contributed by atoms with E-state index in [1.807, 2.05) is 6.07 Å². The molecule has 1 aliphatic carbocycles. The van der Waals surface area contributed by atoms with E-state index in [2.05, 4.69) is 10.3 Å². The predicted molar refractivity (Wildman–Crippen MR) is 134 cm³/mol. The Morgan fingerprint density at radius 2 is 2.00 bits per heavy atom. The lowest BCUT2D eigenvalue weighted by atomic mass is 9.81. The van der Waals surface area contributed by atoms with Crippen LogP contribution in [0.2, 0.25) is 5.02 Å². The zero-order valence-corrected chi connectivity index (χ0v) is 20.3. The van der Waals surface area contributed by atoms with Crippen LogP contribution in [0.4, 0.5) is 5.69 Å². The van der Waals surface area contributed by atoms with Gasteiger partial charge in [-0.3, -0.25) is 4.79 Å². The smallest absolute Gasteiger partial charge is 0.352 e. The minimum absolute atomic E-state index is 0. The van der Waals surface area contributed by atoms with Crippen molar-refractivity contribution in [3.8, 4) is 5.75 Å². The number of ether oxygens (including phenoxy) is 1. The molecular formula is C24H25Cl2N3O6. The van der Waals surface area contributed by atoms with Gasteiger partial charge in [-0.25, -0.2) is 9.59 Å². The van der Waals surface area contributed by atoms with E-state index in [9.17, 15) is 24.6 Å². The number of H-pyrrole nitrogens is 1. The highest BCUT2D eigenvalue weighted by Gasteiger charge is 2.31. The molecule has 0 aliphatic heterocycles. The molecule has 0 unspecified atom stereocenters. The second-order valence-corrected chi connectivity index (χ2v) is 8.76. The van der Waals surface area contributed by atoms with Crippen molar-refractivity contribution in [3.05, 3.63) is 57.7 Å². The molecule has 186 valence electrons. The minimum atomic E-state index is -1.14. The summed E-state index contributed by atoms with van der Waals surface area (Å²) in [5.74, 6) is -2.71. The molecule has 35 heavy (non-hydrogen) atoms. The first-order valence-corrected chi connectivity index (χ1v) is 11.1.